The summed E-state index contributed by atoms with van der Waals surface area (Å²) in [5.41, 5.74) is 2.29. The van der Waals surface area contributed by atoms with Gasteiger partial charge in [-0.25, -0.2) is 0 Å². The molecule has 1 aliphatic heterocycles. The SMILES string of the molecule is CC(C)[C@@](C#N)(CCCCC(=O)N1C[C@@H](O)C[C@@H]1C(=O)NC(c1ccccc1)c1ccccc1)c1ccccc1. The number of nitrogens with one attached hydrogen (secondary N) is 1. The Morgan fingerprint density at radius 1 is 0.950 bits per heavy atom. The van der Waals surface area contributed by atoms with E-state index >= 15 is 0 Å². The molecule has 1 saturated heterocycles. The molecule has 0 bridgehead atoms. The van der Waals surface area contributed by atoms with Gasteiger partial charge in [0.25, 0.3) is 0 Å². The van der Waals surface area contributed by atoms with Crippen molar-refractivity contribution in [1.82, 2.24) is 10.2 Å². The summed E-state index contributed by atoms with van der Waals surface area (Å²) in [6.07, 6.45) is 1.72. The van der Waals surface area contributed by atoms with Crippen LogP contribution in [0.15, 0.2) is 91.0 Å². The molecule has 3 aromatic carbocycles. The smallest absolute Gasteiger partial charge is 0.243 e. The Kier molecular flexibility index (Phi) is 9.74. The van der Waals surface area contributed by atoms with Crippen LogP contribution in [0.4, 0.5) is 0 Å². The largest absolute Gasteiger partial charge is 0.391 e. The molecule has 1 heterocycles. The van der Waals surface area contributed by atoms with Gasteiger partial charge in [-0.2, -0.15) is 5.26 Å². The number of hydrogen-bond donors (Lipinski definition) is 2. The van der Waals surface area contributed by atoms with Crippen molar-refractivity contribution in [2.45, 2.75) is 69.6 Å². The van der Waals surface area contributed by atoms with Crippen molar-refractivity contribution < 1.29 is 14.7 Å². The average molecular weight is 538 g/mol. The van der Waals surface area contributed by atoms with Crippen LogP contribution in [-0.2, 0) is 15.0 Å². The first-order valence-electron chi connectivity index (χ1n) is 14.2. The second-order valence-electron chi connectivity index (χ2n) is 11.0. The van der Waals surface area contributed by atoms with Gasteiger partial charge in [-0.05, 0) is 35.4 Å². The van der Waals surface area contributed by atoms with Crippen LogP contribution in [0.3, 0.4) is 0 Å². The third-order valence-electron chi connectivity index (χ3n) is 8.14. The number of amides is 2. The number of unbranched alkanes of at least 4 members (excludes halogenated alkanes) is 1. The zero-order chi connectivity index (χ0) is 28.5. The lowest BCUT2D eigenvalue weighted by Crippen LogP contribution is -2.47. The van der Waals surface area contributed by atoms with E-state index in [4.69, 9.17) is 0 Å². The number of aliphatic hydroxyl groups excluding tert-OH is 1. The quantitative estimate of drug-likeness (QED) is 0.315. The number of likely N-dealkylation sites (tertiary alicyclic amines) is 1. The van der Waals surface area contributed by atoms with E-state index in [9.17, 15) is 20.0 Å². The zero-order valence-electron chi connectivity index (χ0n) is 23.4. The van der Waals surface area contributed by atoms with Crippen LogP contribution in [0.2, 0.25) is 0 Å². The highest BCUT2D eigenvalue weighted by Gasteiger charge is 2.40. The summed E-state index contributed by atoms with van der Waals surface area (Å²) >= 11 is 0. The van der Waals surface area contributed by atoms with E-state index in [1.165, 1.54) is 4.90 Å². The molecule has 1 fully saturated rings. The van der Waals surface area contributed by atoms with Crippen LogP contribution in [-0.4, -0.2) is 40.5 Å². The first-order valence-corrected chi connectivity index (χ1v) is 14.2. The molecule has 0 spiro atoms. The van der Waals surface area contributed by atoms with E-state index in [-0.39, 0.29) is 43.2 Å². The van der Waals surface area contributed by atoms with Crippen LogP contribution in [0.1, 0.15) is 68.7 Å². The van der Waals surface area contributed by atoms with Crippen molar-refractivity contribution in [1.29, 1.82) is 5.26 Å². The first-order chi connectivity index (χ1) is 19.4. The van der Waals surface area contributed by atoms with Gasteiger partial charge >= 0.3 is 0 Å². The van der Waals surface area contributed by atoms with Crippen molar-refractivity contribution in [3.63, 3.8) is 0 Å². The second-order valence-corrected chi connectivity index (χ2v) is 11.0. The average Bonchev–Trinajstić information content (AvgIpc) is 3.39. The Hall–Kier alpha value is -3.95. The molecule has 1 aliphatic rings. The van der Waals surface area contributed by atoms with Crippen molar-refractivity contribution in [2.24, 2.45) is 5.92 Å². The zero-order valence-corrected chi connectivity index (χ0v) is 23.4. The van der Waals surface area contributed by atoms with Crippen molar-refractivity contribution >= 4 is 11.8 Å². The molecule has 0 radical (unpaired) electrons. The summed E-state index contributed by atoms with van der Waals surface area (Å²) in [5, 5.41) is 23.7. The molecule has 6 nitrogen and oxygen atoms in total. The number of aliphatic hydroxyl groups is 1. The Morgan fingerprint density at radius 2 is 1.50 bits per heavy atom. The Labute approximate surface area is 237 Å². The molecule has 3 atom stereocenters. The van der Waals surface area contributed by atoms with E-state index in [1.807, 2.05) is 91.0 Å². The number of benzene rings is 3. The maximum Gasteiger partial charge on any atom is 0.243 e. The standard InChI is InChI=1S/C34H39N3O3/c1-25(2)34(24-35,28-18-10-5-11-19-28)21-13-12-20-31(39)37-23-29(38)22-30(37)33(40)36-32(26-14-6-3-7-15-26)27-16-8-4-9-17-27/h3-11,14-19,25,29-30,32,38H,12-13,20-23H2,1-2H3,(H,36,40)/t29-,30+,34-/m0/s1. The van der Waals surface area contributed by atoms with Gasteiger partial charge in [0, 0.05) is 19.4 Å². The van der Waals surface area contributed by atoms with Gasteiger partial charge in [0.05, 0.1) is 23.6 Å². The molecule has 4 rings (SSSR count). The molecule has 0 aromatic heterocycles. The van der Waals surface area contributed by atoms with Gasteiger partial charge in [-0.15, -0.1) is 0 Å². The minimum Gasteiger partial charge on any atom is -0.391 e. The number of carbonyl (C=O) groups is 2. The number of nitriles is 1. The van der Waals surface area contributed by atoms with Crippen molar-refractivity contribution in [3.05, 3.63) is 108 Å². The van der Waals surface area contributed by atoms with E-state index in [0.717, 1.165) is 16.7 Å². The van der Waals surface area contributed by atoms with E-state index < -0.39 is 17.6 Å². The number of nitrogens with zero attached hydrogens (tertiary/aromatic N) is 2. The van der Waals surface area contributed by atoms with Crippen LogP contribution in [0, 0.1) is 17.2 Å². The monoisotopic (exact) mass is 537 g/mol. The fraction of sp³-hybridized carbons (Fsp3) is 0.382. The van der Waals surface area contributed by atoms with Crippen LogP contribution in [0.25, 0.3) is 0 Å². The molecule has 0 saturated carbocycles. The highest BCUT2D eigenvalue weighted by Crippen LogP contribution is 2.37. The van der Waals surface area contributed by atoms with Crippen molar-refractivity contribution in [3.8, 4) is 6.07 Å². The molecule has 0 aliphatic carbocycles. The topological polar surface area (TPSA) is 93.4 Å². The molecule has 3 aromatic rings. The third kappa shape index (κ3) is 6.60. The summed E-state index contributed by atoms with van der Waals surface area (Å²) in [6, 6.07) is 30.8. The lowest BCUT2D eigenvalue weighted by molar-refractivity contribution is -0.138. The van der Waals surface area contributed by atoms with Crippen LogP contribution >= 0.6 is 0 Å². The van der Waals surface area contributed by atoms with Gasteiger partial charge in [0.15, 0.2) is 0 Å². The minimum absolute atomic E-state index is 0.125. The number of rotatable bonds is 11. The molecule has 2 amide bonds. The van der Waals surface area contributed by atoms with Gasteiger partial charge in [0.2, 0.25) is 11.8 Å². The van der Waals surface area contributed by atoms with Gasteiger partial charge in [-0.1, -0.05) is 111 Å². The molecule has 0 unspecified atom stereocenters. The molecular formula is C34H39N3O3. The molecule has 208 valence electrons. The highest BCUT2D eigenvalue weighted by atomic mass is 16.3. The van der Waals surface area contributed by atoms with E-state index in [2.05, 4.69) is 25.2 Å². The molecule has 40 heavy (non-hydrogen) atoms. The van der Waals surface area contributed by atoms with Crippen LogP contribution in [0.5, 0.6) is 0 Å². The van der Waals surface area contributed by atoms with E-state index in [0.29, 0.717) is 19.3 Å². The number of carbonyl (C=O) groups excluding carboxylic acids is 2. The molecular weight excluding hydrogens is 498 g/mol. The molecule has 6 heteroatoms. The summed E-state index contributed by atoms with van der Waals surface area (Å²) in [6.45, 7) is 4.28. The summed E-state index contributed by atoms with van der Waals surface area (Å²) in [5.74, 6) is -0.283. The predicted octanol–water partition coefficient (Wildman–Crippen LogP) is 5.53. The third-order valence-corrected chi connectivity index (χ3v) is 8.14. The Balaban J connectivity index is 1.40. The highest BCUT2D eigenvalue weighted by molar-refractivity contribution is 5.89. The van der Waals surface area contributed by atoms with Gasteiger partial charge in [-0.3, -0.25) is 9.59 Å². The van der Waals surface area contributed by atoms with Gasteiger partial charge < -0.3 is 15.3 Å². The number of β-amino-alcohol motifs (C(OH)–C–C–N with tert-alkyl or cyclic N) is 1. The van der Waals surface area contributed by atoms with Gasteiger partial charge in [0.1, 0.15) is 6.04 Å². The van der Waals surface area contributed by atoms with E-state index in [1.54, 1.807) is 0 Å². The minimum atomic E-state index is -0.739. The fourth-order valence-corrected chi connectivity index (χ4v) is 5.80. The fourth-order valence-electron chi connectivity index (χ4n) is 5.80. The first kappa shape index (κ1) is 29.0. The normalized spacial score (nSPS) is 18.4. The molecule has 2 N–H and O–H groups in total. The number of hydrogen-bond acceptors (Lipinski definition) is 4. The predicted molar refractivity (Wildman–Crippen MR) is 156 cm³/mol. The Morgan fingerprint density at radius 3 is 2.02 bits per heavy atom. The summed E-state index contributed by atoms with van der Waals surface area (Å²) < 4.78 is 0. The van der Waals surface area contributed by atoms with Crippen LogP contribution < -0.4 is 5.32 Å². The maximum absolute atomic E-state index is 13.5. The second kappa shape index (κ2) is 13.4. The summed E-state index contributed by atoms with van der Waals surface area (Å²) in [4.78, 5) is 28.4. The Bertz CT molecular complexity index is 1250. The maximum atomic E-state index is 13.5. The van der Waals surface area contributed by atoms with Crippen molar-refractivity contribution in [2.75, 3.05) is 6.54 Å². The summed E-state index contributed by atoms with van der Waals surface area (Å²) in [7, 11) is 0. The lowest BCUT2D eigenvalue weighted by atomic mass is 9.69. The lowest BCUT2D eigenvalue weighted by Gasteiger charge is -2.31.